The average molecular weight is 264 g/mol. The monoisotopic (exact) mass is 265 g/mol. The maximum atomic E-state index is 13.1. The van der Waals surface area contributed by atoms with E-state index in [2.05, 4.69) is 0 Å². The number of nitrogens with two attached hydrogens (primary N) is 1. The van der Waals surface area contributed by atoms with Gasteiger partial charge >= 0.3 is 85.9 Å². The topological polar surface area (TPSA) is 72.6 Å². The Bertz CT molecular complexity index is 345. The first-order valence-electron chi connectivity index (χ1n) is 3.65. The molecule has 0 bridgehead atoms. The SMILES string of the molecule is NC(=O)COc1ccc([Se]O)cc1F. The van der Waals surface area contributed by atoms with Gasteiger partial charge in [0.2, 0.25) is 0 Å². The quantitative estimate of drug-likeness (QED) is 0.680. The number of benzene rings is 1. The van der Waals surface area contributed by atoms with Crippen LogP contribution in [0.2, 0.25) is 0 Å². The number of carbonyl (C=O) groups is 1. The van der Waals surface area contributed by atoms with Crippen molar-refractivity contribution in [2.75, 3.05) is 6.61 Å². The Hall–Kier alpha value is -1.10. The van der Waals surface area contributed by atoms with Crippen LogP contribution in [0.15, 0.2) is 18.2 Å². The van der Waals surface area contributed by atoms with E-state index < -0.39 is 27.0 Å². The molecule has 0 aromatic heterocycles. The number of primary amides is 1. The van der Waals surface area contributed by atoms with Gasteiger partial charge in [-0.05, 0) is 0 Å². The molecular weight excluding hydrogens is 256 g/mol. The van der Waals surface area contributed by atoms with Crippen LogP contribution >= 0.6 is 0 Å². The summed E-state index contributed by atoms with van der Waals surface area (Å²) in [6.45, 7) is -0.361. The van der Waals surface area contributed by atoms with Gasteiger partial charge in [-0.2, -0.15) is 0 Å². The minimum atomic E-state index is -0.747. The Morgan fingerprint density at radius 3 is 2.86 bits per heavy atom. The Kier molecular flexibility index (Phi) is 3.88. The van der Waals surface area contributed by atoms with Gasteiger partial charge in [0.05, 0.1) is 0 Å². The third kappa shape index (κ3) is 2.99. The van der Waals surface area contributed by atoms with Crippen molar-refractivity contribution in [1.29, 1.82) is 0 Å². The number of rotatable bonds is 4. The number of halogens is 1. The van der Waals surface area contributed by atoms with Crippen LogP contribution in [-0.4, -0.2) is 32.0 Å². The summed E-state index contributed by atoms with van der Waals surface area (Å²) in [5, 5.41) is 0. The van der Waals surface area contributed by atoms with Gasteiger partial charge < -0.3 is 0 Å². The van der Waals surface area contributed by atoms with E-state index >= 15 is 0 Å². The molecule has 0 unspecified atom stereocenters. The number of hydrogen-bond donors (Lipinski definition) is 2. The predicted octanol–water partition coefficient (Wildman–Crippen LogP) is -1.07. The molecule has 0 heterocycles. The molecule has 76 valence electrons. The van der Waals surface area contributed by atoms with E-state index in [0.29, 0.717) is 4.46 Å². The summed E-state index contributed by atoms with van der Waals surface area (Å²) in [6.07, 6.45) is 0. The Balaban J connectivity index is 2.73. The van der Waals surface area contributed by atoms with Gasteiger partial charge in [-0.15, -0.1) is 0 Å². The molecule has 0 aliphatic heterocycles. The van der Waals surface area contributed by atoms with E-state index in [-0.39, 0.29) is 12.4 Å². The summed E-state index contributed by atoms with van der Waals surface area (Å²) >= 11 is -0.747. The fraction of sp³-hybridized carbons (Fsp3) is 0.125. The zero-order chi connectivity index (χ0) is 10.6. The minimum absolute atomic E-state index is 0.0446. The van der Waals surface area contributed by atoms with Crippen molar-refractivity contribution in [3.8, 4) is 5.75 Å². The second kappa shape index (κ2) is 4.95. The van der Waals surface area contributed by atoms with E-state index in [1.54, 1.807) is 0 Å². The molecule has 4 nitrogen and oxygen atoms in total. The molecule has 1 amide bonds. The zero-order valence-corrected chi connectivity index (χ0v) is 8.78. The summed E-state index contributed by atoms with van der Waals surface area (Å²) in [5.41, 5.74) is 4.82. The van der Waals surface area contributed by atoms with Crippen LogP contribution in [0.5, 0.6) is 5.75 Å². The van der Waals surface area contributed by atoms with E-state index in [1.165, 1.54) is 12.1 Å². The van der Waals surface area contributed by atoms with Gasteiger partial charge in [-0.3, -0.25) is 0 Å². The molecule has 0 radical (unpaired) electrons. The van der Waals surface area contributed by atoms with Crippen LogP contribution in [0.4, 0.5) is 4.39 Å². The molecule has 1 aromatic rings. The molecule has 0 aliphatic carbocycles. The first-order valence-corrected chi connectivity index (χ1v) is 5.28. The molecule has 3 N–H and O–H groups in total. The van der Waals surface area contributed by atoms with Crippen molar-refractivity contribution >= 4 is 25.7 Å². The van der Waals surface area contributed by atoms with Crippen LogP contribution in [0.25, 0.3) is 0 Å². The van der Waals surface area contributed by atoms with Crippen LogP contribution in [0, 0.1) is 5.82 Å². The van der Waals surface area contributed by atoms with Crippen LogP contribution in [0.3, 0.4) is 0 Å². The molecule has 0 fully saturated rings. The van der Waals surface area contributed by atoms with Gasteiger partial charge in [0.1, 0.15) is 0 Å². The summed E-state index contributed by atoms with van der Waals surface area (Å²) in [6, 6.07) is 4.04. The molecule has 6 heteroatoms. The Morgan fingerprint density at radius 2 is 2.36 bits per heavy atom. The molecule has 14 heavy (non-hydrogen) atoms. The first-order chi connectivity index (χ1) is 6.63. The van der Waals surface area contributed by atoms with Crippen LogP contribution < -0.4 is 14.9 Å². The van der Waals surface area contributed by atoms with Gasteiger partial charge in [-0.1, -0.05) is 0 Å². The summed E-state index contributed by atoms with van der Waals surface area (Å²) in [7, 11) is 0. The predicted molar refractivity (Wildman–Crippen MR) is 48.7 cm³/mol. The Labute approximate surface area is 86.3 Å². The van der Waals surface area contributed by atoms with Gasteiger partial charge in [0.15, 0.2) is 0 Å². The standard InChI is InChI=1S/C8H8FNO3Se/c9-6-3-5(14-12)1-2-7(6)13-4-8(10)11/h1-3,12H,4H2,(H2,10,11). The van der Waals surface area contributed by atoms with Crippen molar-refractivity contribution in [1.82, 2.24) is 0 Å². The normalized spacial score (nSPS) is 9.86. The molecule has 0 atom stereocenters. The molecule has 0 spiro atoms. The van der Waals surface area contributed by atoms with E-state index in [1.807, 2.05) is 0 Å². The van der Waals surface area contributed by atoms with E-state index in [9.17, 15) is 9.18 Å². The average Bonchev–Trinajstić information content (AvgIpc) is 2.15. The maximum absolute atomic E-state index is 13.1. The molecule has 0 aliphatic rings. The molecule has 1 rings (SSSR count). The van der Waals surface area contributed by atoms with Crippen LogP contribution in [-0.2, 0) is 4.79 Å². The fourth-order valence-corrected chi connectivity index (χ4v) is 1.40. The van der Waals surface area contributed by atoms with E-state index in [4.69, 9.17) is 14.7 Å². The van der Waals surface area contributed by atoms with Crippen molar-refractivity contribution < 1.29 is 18.1 Å². The summed E-state index contributed by atoms with van der Waals surface area (Å²) < 4.78 is 27.1. The second-order valence-corrected chi connectivity index (χ2v) is 3.81. The third-order valence-corrected chi connectivity index (χ3v) is 2.35. The van der Waals surface area contributed by atoms with Crippen LogP contribution in [0.1, 0.15) is 0 Å². The number of amides is 1. The summed E-state index contributed by atoms with van der Waals surface area (Å²) in [5.74, 6) is -1.32. The number of hydrogen-bond acceptors (Lipinski definition) is 3. The Morgan fingerprint density at radius 1 is 1.64 bits per heavy atom. The fourth-order valence-electron chi connectivity index (χ4n) is 0.804. The number of carbonyl (C=O) groups excluding carboxylic acids is 1. The first kappa shape index (κ1) is 11.0. The molecule has 1 aromatic carbocycles. The van der Waals surface area contributed by atoms with Gasteiger partial charge in [-0.25, -0.2) is 0 Å². The molecular formula is C8H8FNO3Se. The van der Waals surface area contributed by atoms with Gasteiger partial charge in [0, 0.05) is 0 Å². The van der Waals surface area contributed by atoms with Crippen molar-refractivity contribution in [2.45, 2.75) is 0 Å². The molecule has 0 saturated carbocycles. The van der Waals surface area contributed by atoms with Crippen molar-refractivity contribution in [3.63, 3.8) is 0 Å². The molecule has 0 saturated heterocycles. The van der Waals surface area contributed by atoms with Gasteiger partial charge in [0.25, 0.3) is 0 Å². The summed E-state index contributed by atoms with van der Waals surface area (Å²) in [4.78, 5) is 10.3. The zero-order valence-electron chi connectivity index (χ0n) is 7.07. The van der Waals surface area contributed by atoms with E-state index in [0.717, 1.165) is 6.07 Å². The van der Waals surface area contributed by atoms with Crippen molar-refractivity contribution in [3.05, 3.63) is 24.0 Å². The number of ether oxygens (including phenoxy) is 1. The van der Waals surface area contributed by atoms with Crippen molar-refractivity contribution in [2.24, 2.45) is 5.73 Å². The second-order valence-electron chi connectivity index (χ2n) is 2.44. The third-order valence-electron chi connectivity index (χ3n) is 1.38.